The van der Waals surface area contributed by atoms with E-state index in [2.05, 4.69) is 24.5 Å². The van der Waals surface area contributed by atoms with Gasteiger partial charge >= 0.3 is 0 Å². The van der Waals surface area contributed by atoms with E-state index in [0.717, 1.165) is 43.6 Å². The van der Waals surface area contributed by atoms with Crippen LogP contribution in [0.15, 0.2) is 24.3 Å². The van der Waals surface area contributed by atoms with Crippen LogP contribution in [0.25, 0.3) is 0 Å². The Balaban J connectivity index is 1.50. The van der Waals surface area contributed by atoms with E-state index in [1.165, 1.54) is 23.7 Å². The lowest BCUT2D eigenvalue weighted by atomic mass is 10.3. The molecule has 6 nitrogen and oxygen atoms in total. The van der Waals surface area contributed by atoms with E-state index in [9.17, 15) is 9.18 Å². The number of benzene rings is 1. The van der Waals surface area contributed by atoms with Crippen molar-refractivity contribution in [3.8, 4) is 0 Å². The van der Waals surface area contributed by atoms with Gasteiger partial charge in [-0.15, -0.1) is 0 Å². The first-order valence-electron chi connectivity index (χ1n) is 7.93. The summed E-state index contributed by atoms with van der Waals surface area (Å²) in [6, 6.07) is 5.80. The Kier molecular flexibility index (Phi) is 5.37. The number of carbonyl (C=O) groups excluding carboxylic acids is 1. The van der Waals surface area contributed by atoms with Gasteiger partial charge in [0.1, 0.15) is 11.6 Å². The second-order valence-corrected chi connectivity index (χ2v) is 6.53. The Morgan fingerprint density at radius 2 is 2.04 bits per heavy atom. The smallest absolute Gasteiger partial charge is 0.238 e. The molecule has 3 rings (SSSR count). The summed E-state index contributed by atoms with van der Waals surface area (Å²) >= 11 is 1.42. The molecule has 0 bridgehead atoms. The third-order valence-electron chi connectivity index (χ3n) is 3.87. The number of amides is 1. The minimum Gasteiger partial charge on any atom is -0.346 e. The molecule has 128 valence electrons. The van der Waals surface area contributed by atoms with Crippen LogP contribution < -0.4 is 10.2 Å². The predicted molar refractivity (Wildman–Crippen MR) is 92.9 cm³/mol. The van der Waals surface area contributed by atoms with Crippen LogP contribution in [0.5, 0.6) is 0 Å². The summed E-state index contributed by atoms with van der Waals surface area (Å²) in [5.41, 5.74) is 0.613. The molecule has 1 amide bonds. The third-order valence-corrected chi connectivity index (χ3v) is 4.74. The Morgan fingerprint density at radius 3 is 2.75 bits per heavy atom. The number of rotatable bonds is 4. The standard InChI is InChI=1S/C16H20FN5OS/c1-12-18-16(24-20-12)22-8-2-7-21(9-10-22)11-15(23)19-14-5-3-13(17)4-6-14/h3-6H,2,7-11H2,1H3,(H,19,23). The first-order valence-corrected chi connectivity index (χ1v) is 8.70. The number of aryl methyl sites for hydroxylation is 1. The molecule has 1 fully saturated rings. The fraction of sp³-hybridized carbons (Fsp3) is 0.438. The normalized spacial score (nSPS) is 16.0. The summed E-state index contributed by atoms with van der Waals surface area (Å²) in [6.07, 6.45) is 0.975. The van der Waals surface area contributed by atoms with Crippen LogP contribution in [-0.4, -0.2) is 52.9 Å². The molecule has 1 aromatic heterocycles. The van der Waals surface area contributed by atoms with Gasteiger partial charge in [0.05, 0.1) is 6.54 Å². The zero-order valence-corrected chi connectivity index (χ0v) is 14.4. The van der Waals surface area contributed by atoms with E-state index < -0.39 is 0 Å². The highest BCUT2D eigenvalue weighted by Crippen LogP contribution is 2.18. The first kappa shape index (κ1) is 16.8. The van der Waals surface area contributed by atoms with E-state index in [-0.39, 0.29) is 11.7 Å². The second kappa shape index (κ2) is 7.67. The van der Waals surface area contributed by atoms with Gasteiger partial charge in [-0.3, -0.25) is 9.69 Å². The van der Waals surface area contributed by atoms with Crippen molar-refractivity contribution in [3.05, 3.63) is 35.9 Å². The summed E-state index contributed by atoms with van der Waals surface area (Å²) < 4.78 is 17.1. The van der Waals surface area contributed by atoms with E-state index in [1.54, 1.807) is 12.1 Å². The van der Waals surface area contributed by atoms with E-state index in [0.29, 0.717) is 12.2 Å². The number of nitrogens with one attached hydrogen (secondary N) is 1. The molecule has 1 saturated heterocycles. The van der Waals surface area contributed by atoms with E-state index >= 15 is 0 Å². The largest absolute Gasteiger partial charge is 0.346 e. The fourth-order valence-electron chi connectivity index (χ4n) is 2.67. The summed E-state index contributed by atoms with van der Waals surface area (Å²) in [5.74, 6) is 0.407. The molecule has 1 aromatic carbocycles. The van der Waals surface area contributed by atoms with Gasteiger partial charge in [0.25, 0.3) is 0 Å². The zero-order valence-electron chi connectivity index (χ0n) is 13.5. The average Bonchev–Trinajstić information content (AvgIpc) is 2.85. The number of halogens is 1. The molecular formula is C16H20FN5OS. The van der Waals surface area contributed by atoms with Crippen molar-refractivity contribution in [1.29, 1.82) is 0 Å². The summed E-state index contributed by atoms with van der Waals surface area (Å²) in [6.45, 7) is 5.65. The number of nitrogens with zero attached hydrogens (tertiary/aromatic N) is 4. The van der Waals surface area contributed by atoms with Crippen molar-refractivity contribution in [2.24, 2.45) is 0 Å². The number of hydrogen-bond donors (Lipinski definition) is 1. The fourth-order valence-corrected chi connectivity index (χ4v) is 3.40. The van der Waals surface area contributed by atoms with Gasteiger partial charge in [0, 0.05) is 43.4 Å². The summed E-state index contributed by atoms with van der Waals surface area (Å²) in [4.78, 5) is 20.9. The van der Waals surface area contributed by atoms with Crippen LogP contribution >= 0.6 is 11.5 Å². The molecular weight excluding hydrogens is 329 g/mol. The molecule has 0 radical (unpaired) electrons. The van der Waals surface area contributed by atoms with Crippen molar-refractivity contribution in [2.75, 3.05) is 42.9 Å². The third kappa shape index (κ3) is 4.48. The Labute approximate surface area is 144 Å². The topological polar surface area (TPSA) is 61.4 Å². The highest BCUT2D eigenvalue weighted by molar-refractivity contribution is 7.09. The maximum absolute atomic E-state index is 12.9. The quantitative estimate of drug-likeness (QED) is 0.916. The number of anilines is 2. The molecule has 24 heavy (non-hydrogen) atoms. The van der Waals surface area contributed by atoms with Crippen LogP contribution in [0.3, 0.4) is 0 Å². The molecule has 0 saturated carbocycles. The highest BCUT2D eigenvalue weighted by Gasteiger charge is 2.19. The van der Waals surface area contributed by atoms with Crippen molar-refractivity contribution in [3.63, 3.8) is 0 Å². The van der Waals surface area contributed by atoms with Gasteiger partial charge in [-0.2, -0.15) is 4.37 Å². The molecule has 0 aliphatic carbocycles. The predicted octanol–water partition coefficient (Wildman–Crippen LogP) is 2.14. The molecule has 0 atom stereocenters. The van der Waals surface area contributed by atoms with Gasteiger partial charge in [-0.25, -0.2) is 9.37 Å². The summed E-state index contributed by atoms with van der Waals surface area (Å²) in [7, 11) is 0. The molecule has 1 aliphatic heterocycles. The van der Waals surface area contributed by atoms with Crippen LogP contribution in [0.4, 0.5) is 15.2 Å². The van der Waals surface area contributed by atoms with Gasteiger partial charge in [0.2, 0.25) is 11.0 Å². The molecule has 2 aromatic rings. The lowest BCUT2D eigenvalue weighted by molar-refractivity contribution is -0.117. The summed E-state index contributed by atoms with van der Waals surface area (Å²) in [5, 5.41) is 3.75. The van der Waals surface area contributed by atoms with Crippen molar-refractivity contribution >= 4 is 28.3 Å². The van der Waals surface area contributed by atoms with Crippen molar-refractivity contribution < 1.29 is 9.18 Å². The maximum Gasteiger partial charge on any atom is 0.238 e. The second-order valence-electron chi connectivity index (χ2n) is 5.80. The lowest BCUT2D eigenvalue weighted by Gasteiger charge is -2.20. The van der Waals surface area contributed by atoms with Gasteiger partial charge < -0.3 is 10.2 Å². The highest BCUT2D eigenvalue weighted by atomic mass is 32.1. The Bertz CT molecular complexity index is 690. The Hall–Kier alpha value is -2.06. The lowest BCUT2D eigenvalue weighted by Crippen LogP contribution is -2.36. The van der Waals surface area contributed by atoms with E-state index in [1.807, 2.05) is 6.92 Å². The van der Waals surface area contributed by atoms with Crippen LogP contribution in [0.1, 0.15) is 12.2 Å². The maximum atomic E-state index is 12.9. The van der Waals surface area contributed by atoms with Gasteiger partial charge in [-0.05, 0) is 37.6 Å². The molecule has 0 unspecified atom stereocenters. The average molecular weight is 349 g/mol. The first-order chi connectivity index (χ1) is 11.6. The van der Waals surface area contributed by atoms with Crippen LogP contribution in [0.2, 0.25) is 0 Å². The van der Waals surface area contributed by atoms with Crippen molar-refractivity contribution in [1.82, 2.24) is 14.3 Å². The minimum atomic E-state index is -0.312. The van der Waals surface area contributed by atoms with Crippen LogP contribution in [0, 0.1) is 12.7 Å². The number of carbonyl (C=O) groups is 1. The Morgan fingerprint density at radius 1 is 1.25 bits per heavy atom. The molecule has 8 heteroatoms. The number of aromatic nitrogens is 2. The van der Waals surface area contributed by atoms with Crippen LogP contribution in [-0.2, 0) is 4.79 Å². The molecule has 1 aliphatic rings. The monoisotopic (exact) mass is 349 g/mol. The minimum absolute atomic E-state index is 0.0817. The molecule has 2 heterocycles. The number of hydrogen-bond acceptors (Lipinski definition) is 6. The van der Waals surface area contributed by atoms with E-state index in [4.69, 9.17) is 0 Å². The zero-order chi connectivity index (χ0) is 16.9. The molecule has 1 N–H and O–H groups in total. The van der Waals surface area contributed by atoms with Crippen molar-refractivity contribution in [2.45, 2.75) is 13.3 Å². The SMILES string of the molecule is Cc1nsc(N2CCCN(CC(=O)Nc3ccc(F)cc3)CC2)n1. The van der Waals surface area contributed by atoms with Gasteiger partial charge in [-0.1, -0.05) is 0 Å². The molecule has 0 spiro atoms. The van der Waals surface area contributed by atoms with Gasteiger partial charge in [0.15, 0.2) is 0 Å².